The first kappa shape index (κ1) is 12.4. The third-order valence-electron chi connectivity index (χ3n) is 3.00. The molecule has 17 heavy (non-hydrogen) atoms. The van der Waals surface area contributed by atoms with Crippen LogP contribution in [0.5, 0.6) is 0 Å². The lowest BCUT2D eigenvalue weighted by Gasteiger charge is -2.19. The molecule has 0 N–H and O–H groups in total. The van der Waals surface area contributed by atoms with Crippen molar-refractivity contribution in [1.82, 2.24) is 0 Å². The van der Waals surface area contributed by atoms with Gasteiger partial charge in [-0.1, -0.05) is 25.5 Å². The molecular formula is C12H16FNO2S. The standard InChI is InChI=1S/C12H16FNO2S/c1-2-3-9-17(15,16)14-8-7-10-5-4-6-11(13)12(10)14/h4-6H,2-3,7-9H2,1H3. The van der Waals surface area contributed by atoms with Crippen LogP contribution < -0.4 is 4.31 Å². The van der Waals surface area contributed by atoms with Gasteiger partial charge in [0, 0.05) is 6.54 Å². The lowest BCUT2D eigenvalue weighted by molar-refractivity contribution is 0.585. The van der Waals surface area contributed by atoms with Gasteiger partial charge in [-0.25, -0.2) is 12.8 Å². The van der Waals surface area contributed by atoms with Crippen LogP contribution in [0, 0.1) is 5.82 Å². The second-order valence-corrected chi connectivity index (χ2v) is 6.25. The Morgan fingerprint density at radius 2 is 2.18 bits per heavy atom. The van der Waals surface area contributed by atoms with Crippen molar-refractivity contribution < 1.29 is 12.8 Å². The van der Waals surface area contributed by atoms with E-state index in [2.05, 4.69) is 0 Å². The van der Waals surface area contributed by atoms with Crippen LogP contribution in [0.15, 0.2) is 18.2 Å². The van der Waals surface area contributed by atoms with Crippen molar-refractivity contribution >= 4 is 15.7 Å². The van der Waals surface area contributed by atoms with Crippen LogP contribution in [0.25, 0.3) is 0 Å². The van der Waals surface area contributed by atoms with E-state index in [4.69, 9.17) is 0 Å². The molecule has 0 atom stereocenters. The van der Waals surface area contributed by atoms with E-state index in [-0.39, 0.29) is 11.4 Å². The van der Waals surface area contributed by atoms with Gasteiger partial charge in [0.05, 0.1) is 11.4 Å². The largest absolute Gasteiger partial charge is 0.267 e. The van der Waals surface area contributed by atoms with E-state index < -0.39 is 15.8 Å². The van der Waals surface area contributed by atoms with Gasteiger partial charge < -0.3 is 0 Å². The van der Waals surface area contributed by atoms with E-state index >= 15 is 0 Å². The predicted molar refractivity (Wildman–Crippen MR) is 66.1 cm³/mol. The molecule has 0 aliphatic carbocycles. The Kier molecular flexibility index (Phi) is 3.38. The first-order valence-electron chi connectivity index (χ1n) is 5.84. The van der Waals surface area contributed by atoms with Crippen molar-refractivity contribution in [2.75, 3.05) is 16.6 Å². The summed E-state index contributed by atoms with van der Waals surface area (Å²) in [7, 11) is -3.36. The van der Waals surface area contributed by atoms with Gasteiger partial charge in [0.1, 0.15) is 5.82 Å². The van der Waals surface area contributed by atoms with E-state index in [1.807, 2.05) is 6.92 Å². The van der Waals surface area contributed by atoms with Crippen LogP contribution in [0.1, 0.15) is 25.3 Å². The first-order valence-corrected chi connectivity index (χ1v) is 7.45. The van der Waals surface area contributed by atoms with Crippen LogP contribution in [-0.4, -0.2) is 20.7 Å². The molecule has 1 heterocycles. The van der Waals surface area contributed by atoms with Crippen molar-refractivity contribution in [3.63, 3.8) is 0 Å². The van der Waals surface area contributed by atoms with Gasteiger partial charge in [-0.05, 0) is 24.5 Å². The van der Waals surface area contributed by atoms with Gasteiger partial charge in [0.2, 0.25) is 10.0 Å². The van der Waals surface area contributed by atoms with E-state index in [0.29, 0.717) is 19.4 Å². The third-order valence-corrected chi connectivity index (χ3v) is 4.84. The Hall–Kier alpha value is -1.10. The van der Waals surface area contributed by atoms with Crippen LogP contribution in [0.2, 0.25) is 0 Å². The molecule has 0 spiro atoms. The van der Waals surface area contributed by atoms with Gasteiger partial charge in [0.15, 0.2) is 0 Å². The van der Waals surface area contributed by atoms with Gasteiger partial charge >= 0.3 is 0 Å². The van der Waals surface area contributed by atoms with Gasteiger partial charge in [0.25, 0.3) is 0 Å². The zero-order valence-corrected chi connectivity index (χ0v) is 10.6. The number of para-hydroxylation sites is 1. The summed E-state index contributed by atoms with van der Waals surface area (Å²) in [5.41, 5.74) is 1.04. The molecule has 0 bridgehead atoms. The van der Waals surface area contributed by atoms with Gasteiger partial charge in [-0.3, -0.25) is 4.31 Å². The zero-order valence-electron chi connectivity index (χ0n) is 9.82. The fourth-order valence-corrected chi connectivity index (χ4v) is 3.82. The number of hydrogen-bond donors (Lipinski definition) is 0. The molecule has 5 heteroatoms. The van der Waals surface area contributed by atoms with Crippen molar-refractivity contribution in [1.29, 1.82) is 0 Å². The Morgan fingerprint density at radius 3 is 2.88 bits per heavy atom. The summed E-state index contributed by atoms with van der Waals surface area (Å²) < 4.78 is 39.0. The molecule has 0 unspecified atom stereocenters. The normalized spacial score (nSPS) is 15.1. The van der Waals surface area contributed by atoms with Crippen LogP contribution in [0.4, 0.5) is 10.1 Å². The predicted octanol–water partition coefficient (Wildman–Crippen LogP) is 2.32. The molecule has 3 nitrogen and oxygen atoms in total. The average molecular weight is 257 g/mol. The topological polar surface area (TPSA) is 37.4 Å². The summed E-state index contributed by atoms with van der Waals surface area (Å²) in [6, 6.07) is 4.72. The first-order chi connectivity index (χ1) is 8.06. The summed E-state index contributed by atoms with van der Waals surface area (Å²) in [5, 5.41) is 0. The Balaban J connectivity index is 2.34. The number of benzene rings is 1. The average Bonchev–Trinajstić information content (AvgIpc) is 2.72. The van der Waals surface area contributed by atoms with E-state index in [1.165, 1.54) is 10.4 Å². The number of fused-ring (bicyclic) bond motifs is 1. The van der Waals surface area contributed by atoms with E-state index in [9.17, 15) is 12.8 Å². The van der Waals surface area contributed by atoms with Crippen molar-refractivity contribution in [2.45, 2.75) is 26.2 Å². The second kappa shape index (κ2) is 4.64. The zero-order chi connectivity index (χ0) is 12.5. The highest BCUT2D eigenvalue weighted by Gasteiger charge is 2.31. The summed E-state index contributed by atoms with van der Waals surface area (Å²) in [6.07, 6.45) is 2.03. The number of halogens is 1. The van der Waals surface area contributed by atoms with Crippen molar-refractivity contribution in [3.8, 4) is 0 Å². The lowest BCUT2D eigenvalue weighted by Crippen LogP contribution is -2.31. The maximum absolute atomic E-state index is 13.7. The minimum absolute atomic E-state index is 0.0945. The highest BCUT2D eigenvalue weighted by molar-refractivity contribution is 7.92. The minimum atomic E-state index is -3.36. The van der Waals surface area contributed by atoms with Gasteiger partial charge in [-0.15, -0.1) is 0 Å². The molecule has 1 aromatic carbocycles. The van der Waals surface area contributed by atoms with E-state index in [0.717, 1.165) is 12.0 Å². The van der Waals surface area contributed by atoms with Crippen molar-refractivity contribution in [2.24, 2.45) is 0 Å². The smallest absolute Gasteiger partial charge is 0.235 e. The summed E-state index contributed by atoms with van der Waals surface area (Å²) in [4.78, 5) is 0. The highest BCUT2D eigenvalue weighted by atomic mass is 32.2. The maximum Gasteiger partial charge on any atom is 0.235 e. The summed E-state index contributed by atoms with van der Waals surface area (Å²) >= 11 is 0. The molecule has 1 aromatic rings. The molecule has 0 saturated heterocycles. The highest BCUT2D eigenvalue weighted by Crippen LogP contribution is 2.33. The third kappa shape index (κ3) is 2.29. The molecule has 0 amide bonds. The fourth-order valence-electron chi connectivity index (χ4n) is 2.09. The fraction of sp³-hybridized carbons (Fsp3) is 0.500. The molecule has 1 aliphatic heterocycles. The number of hydrogen-bond acceptors (Lipinski definition) is 2. The molecule has 94 valence electrons. The SMILES string of the molecule is CCCCS(=O)(=O)N1CCc2cccc(F)c21. The van der Waals surface area contributed by atoms with Crippen molar-refractivity contribution in [3.05, 3.63) is 29.6 Å². The second-order valence-electron chi connectivity index (χ2n) is 4.24. The summed E-state index contributed by atoms with van der Waals surface area (Å²) in [6.45, 7) is 2.30. The Morgan fingerprint density at radius 1 is 1.41 bits per heavy atom. The lowest BCUT2D eigenvalue weighted by atomic mass is 10.2. The molecule has 0 saturated carbocycles. The van der Waals surface area contributed by atoms with Crippen LogP contribution in [0.3, 0.4) is 0 Å². The number of nitrogens with zero attached hydrogens (tertiary/aromatic N) is 1. The number of rotatable bonds is 4. The van der Waals surface area contributed by atoms with Crippen LogP contribution in [-0.2, 0) is 16.4 Å². The molecule has 0 fully saturated rings. The number of anilines is 1. The molecule has 0 aromatic heterocycles. The number of sulfonamides is 1. The van der Waals surface area contributed by atoms with E-state index in [1.54, 1.807) is 12.1 Å². The quantitative estimate of drug-likeness (QED) is 0.830. The summed E-state index contributed by atoms with van der Waals surface area (Å²) in [5.74, 6) is -0.350. The van der Waals surface area contributed by atoms with Gasteiger partial charge in [-0.2, -0.15) is 0 Å². The molecule has 2 rings (SSSR count). The Labute approximate surface area is 101 Å². The Bertz CT molecular complexity index is 513. The molecule has 1 aliphatic rings. The molecular weight excluding hydrogens is 241 g/mol. The monoisotopic (exact) mass is 257 g/mol. The van der Waals surface area contributed by atoms with Crippen LogP contribution >= 0.6 is 0 Å². The maximum atomic E-state index is 13.7. The number of unbranched alkanes of at least 4 members (excludes halogenated alkanes) is 1. The molecule has 0 radical (unpaired) electrons. The minimum Gasteiger partial charge on any atom is -0.267 e.